The Balaban J connectivity index is 1.55. The Morgan fingerprint density at radius 3 is 2.22 bits per heavy atom. The summed E-state index contributed by atoms with van der Waals surface area (Å²) in [5.74, 6) is -0.0495. The molecule has 1 fully saturated rings. The lowest BCUT2D eigenvalue weighted by molar-refractivity contribution is -0.917. The molecule has 1 aliphatic heterocycles. The molecule has 0 aliphatic carbocycles. The summed E-state index contributed by atoms with van der Waals surface area (Å²) < 4.78 is 0. The van der Waals surface area contributed by atoms with E-state index in [2.05, 4.69) is 5.32 Å². The van der Waals surface area contributed by atoms with Gasteiger partial charge in [0.1, 0.15) is 0 Å². The zero-order valence-electron chi connectivity index (χ0n) is 15.0. The first-order valence-corrected chi connectivity index (χ1v) is 9.65. The Morgan fingerprint density at radius 2 is 1.63 bits per heavy atom. The molecule has 5 nitrogen and oxygen atoms in total. The fraction of sp³-hybridized carbons (Fsp3) is 0.300. The van der Waals surface area contributed by atoms with Crippen molar-refractivity contribution in [3.05, 3.63) is 64.1 Å². The van der Waals surface area contributed by atoms with E-state index in [1.807, 2.05) is 42.2 Å². The number of halogens is 2. The second kappa shape index (κ2) is 8.74. The van der Waals surface area contributed by atoms with Crippen LogP contribution in [0.4, 0.5) is 5.69 Å². The van der Waals surface area contributed by atoms with E-state index in [1.165, 1.54) is 0 Å². The first-order valence-electron chi connectivity index (χ1n) is 8.90. The number of rotatable bonds is 4. The third-order valence-corrected chi connectivity index (χ3v) is 5.29. The Labute approximate surface area is 168 Å². The van der Waals surface area contributed by atoms with Gasteiger partial charge in [-0.2, -0.15) is 0 Å². The second-order valence-corrected chi connectivity index (χ2v) is 7.56. The minimum Gasteiger partial charge on any atom is -0.327 e. The maximum atomic E-state index is 12.6. The van der Waals surface area contributed by atoms with Crippen LogP contribution in [0.2, 0.25) is 10.0 Å². The molecule has 1 heterocycles. The summed E-state index contributed by atoms with van der Waals surface area (Å²) in [5, 5.41) is 3.83. The van der Waals surface area contributed by atoms with Crippen LogP contribution in [0.5, 0.6) is 0 Å². The number of amides is 2. The zero-order chi connectivity index (χ0) is 19.4. The van der Waals surface area contributed by atoms with Crippen LogP contribution in [0, 0.1) is 0 Å². The summed E-state index contributed by atoms with van der Waals surface area (Å²) in [6.45, 7) is 4.60. The smallest absolute Gasteiger partial charge is 0.282 e. The second-order valence-electron chi connectivity index (χ2n) is 6.69. The molecule has 0 unspecified atom stereocenters. The first kappa shape index (κ1) is 19.7. The van der Waals surface area contributed by atoms with Gasteiger partial charge < -0.3 is 15.1 Å². The molecule has 0 saturated carbocycles. The Kier molecular flexibility index (Phi) is 6.37. The number of quaternary nitrogens is 1. The molecule has 2 aromatic carbocycles. The van der Waals surface area contributed by atoms with Crippen LogP contribution >= 0.6 is 23.2 Å². The molecule has 2 aromatic rings. The molecule has 27 heavy (non-hydrogen) atoms. The van der Waals surface area contributed by atoms with Crippen molar-refractivity contribution < 1.29 is 14.5 Å². The summed E-state index contributed by atoms with van der Waals surface area (Å²) in [4.78, 5) is 28.1. The van der Waals surface area contributed by atoms with Crippen LogP contribution < -0.4 is 10.2 Å². The van der Waals surface area contributed by atoms with Gasteiger partial charge in [-0.1, -0.05) is 41.4 Å². The normalized spacial score (nSPS) is 16.0. The number of piperazine rings is 1. The monoisotopic (exact) mass is 406 g/mol. The van der Waals surface area contributed by atoms with Crippen LogP contribution in [0.15, 0.2) is 48.5 Å². The van der Waals surface area contributed by atoms with Gasteiger partial charge in [0.25, 0.3) is 11.8 Å². The first-order chi connectivity index (χ1) is 12.9. The largest absolute Gasteiger partial charge is 0.327 e. The summed E-state index contributed by atoms with van der Waals surface area (Å²) in [6, 6.07) is 14.0. The molecule has 2 N–H and O–H groups in total. The highest BCUT2D eigenvalue weighted by Crippen LogP contribution is 2.22. The number of anilines is 1. The zero-order valence-corrected chi connectivity index (χ0v) is 16.6. The summed E-state index contributed by atoms with van der Waals surface area (Å²) >= 11 is 12.0. The quantitative estimate of drug-likeness (QED) is 0.818. The average Bonchev–Trinajstić information content (AvgIpc) is 2.67. The summed E-state index contributed by atoms with van der Waals surface area (Å²) in [6.07, 6.45) is 0. The number of benzene rings is 2. The topological polar surface area (TPSA) is 53.9 Å². The van der Waals surface area contributed by atoms with Crippen LogP contribution in [-0.2, 0) is 4.79 Å². The number of carbonyl (C=O) groups excluding carboxylic acids is 2. The van der Waals surface area contributed by atoms with Gasteiger partial charge in [-0.15, -0.1) is 0 Å². The Bertz CT molecular complexity index is 801. The van der Waals surface area contributed by atoms with E-state index >= 15 is 0 Å². The average molecular weight is 407 g/mol. The fourth-order valence-corrected chi connectivity index (χ4v) is 3.78. The summed E-state index contributed by atoms with van der Waals surface area (Å²) in [7, 11) is 0. The highest BCUT2D eigenvalue weighted by molar-refractivity contribution is 6.35. The maximum absolute atomic E-state index is 12.6. The summed E-state index contributed by atoms with van der Waals surface area (Å²) in [5.41, 5.74) is 1.28. The third kappa shape index (κ3) is 5.01. The van der Waals surface area contributed by atoms with Crippen molar-refractivity contribution in [1.82, 2.24) is 4.90 Å². The molecule has 0 bridgehead atoms. The van der Waals surface area contributed by atoms with E-state index in [4.69, 9.17) is 23.2 Å². The predicted octanol–water partition coefficient (Wildman–Crippen LogP) is 2.36. The van der Waals surface area contributed by atoms with Crippen molar-refractivity contribution in [1.29, 1.82) is 0 Å². The molecular weight excluding hydrogens is 385 g/mol. The van der Waals surface area contributed by atoms with E-state index in [0.29, 0.717) is 34.4 Å². The van der Waals surface area contributed by atoms with Gasteiger partial charge >= 0.3 is 0 Å². The third-order valence-electron chi connectivity index (χ3n) is 4.85. The molecule has 3 rings (SSSR count). The molecule has 1 saturated heterocycles. The lowest BCUT2D eigenvalue weighted by Gasteiger charge is -2.34. The number of nitrogens with zero attached hydrogens (tertiary/aromatic N) is 1. The fourth-order valence-electron chi connectivity index (χ4n) is 3.26. The van der Waals surface area contributed by atoms with Crippen molar-refractivity contribution in [2.75, 3.05) is 31.5 Å². The van der Waals surface area contributed by atoms with E-state index < -0.39 is 0 Å². The molecule has 142 valence electrons. The van der Waals surface area contributed by atoms with E-state index in [0.717, 1.165) is 18.0 Å². The minimum absolute atomic E-state index is 0.0420. The van der Waals surface area contributed by atoms with Crippen LogP contribution in [0.1, 0.15) is 17.3 Å². The van der Waals surface area contributed by atoms with E-state index in [-0.39, 0.29) is 17.9 Å². The van der Waals surface area contributed by atoms with Crippen molar-refractivity contribution in [3.8, 4) is 0 Å². The highest BCUT2D eigenvalue weighted by atomic mass is 35.5. The highest BCUT2D eigenvalue weighted by Gasteiger charge is 2.31. The van der Waals surface area contributed by atoms with Gasteiger partial charge in [-0.25, -0.2) is 0 Å². The molecule has 0 radical (unpaired) electrons. The SMILES string of the molecule is C[C@@H](C(=O)Nc1cc(Cl)cc(Cl)c1)[NH+]1CCN(C(=O)c2ccccc2)CC1. The lowest BCUT2D eigenvalue weighted by atomic mass is 10.1. The molecule has 0 spiro atoms. The van der Waals surface area contributed by atoms with Crippen LogP contribution in [0.3, 0.4) is 0 Å². The molecule has 7 heteroatoms. The van der Waals surface area contributed by atoms with Crippen molar-refractivity contribution >= 4 is 40.7 Å². The van der Waals surface area contributed by atoms with Gasteiger partial charge in [0, 0.05) is 21.3 Å². The van der Waals surface area contributed by atoms with Crippen LogP contribution in [-0.4, -0.2) is 48.9 Å². The molecule has 1 atom stereocenters. The molecular formula is C20H22Cl2N3O2+. The number of hydrogen-bond acceptors (Lipinski definition) is 2. The van der Waals surface area contributed by atoms with Gasteiger partial charge in [0.05, 0.1) is 26.2 Å². The molecule has 2 amide bonds. The minimum atomic E-state index is -0.239. The number of nitrogens with one attached hydrogen (secondary N) is 2. The van der Waals surface area contributed by atoms with Gasteiger partial charge in [-0.3, -0.25) is 9.59 Å². The van der Waals surface area contributed by atoms with Crippen molar-refractivity contribution in [3.63, 3.8) is 0 Å². The molecule has 0 aromatic heterocycles. The number of carbonyl (C=O) groups is 2. The Hall–Kier alpha value is -2.08. The van der Waals surface area contributed by atoms with Gasteiger partial charge in [0.2, 0.25) is 0 Å². The van der Waals surface area contributed by atoms with Gasteiger partial charge in [0.15, 0.2) is 6.04 Å². The molecule has 1 aliphatic rings. The predicted molar refractivity (Wildman–Crippen MR) is 108 cm³/mol. The van der Waals surface area contributed by atoms with Crippen LogP contribution in [0.25, 0.3) is 0 Å². The maximum Gasteiger partial charge on any atom is 0.282 e. The van der Waals surface area contributed by atoms with E-state index in [9.17, 15) is 9.59 Å². The lowest BCUT2D eigenvalue weighted by Crippen LogP contribution is -3.19. The van der Waals surface area contributed by atoms with Crippen molar-refractivity contribution in [2.24, 2.45) is 0 Å². The van der Waals surface area contributed by atoms with Crippen molar-refractivity contribution in [2.45, 2.75) is 13.0 Å². The Morgan fingerprint density at radius 1 is 1.04 bits per heavy atom. The standard InChI is InChI=1S/C20H21Cl2N3O2/c1-14(19(26)23-18-12-16(21)11-17(22)13-18)24-7-9-25(10-8-24)20(27)15-5-3-2-4-6-15/h2-6,11-14H,7-10H2,1H3,(H,23,26)/p+1/t14-/m0/s1. The van der Waals surface area contributed by atoms with Gasteiger partial charge in [-0.05, 0) is 37.3 Å². The number of hydrogen-bond donors (Lipinski definition) is 2. The van der Waals surface area contributed by atoms with E-state index in [1.54, 1.807) is 18.2 Å².